The molecule has 2 rings (SSSR count). The molecule has 3 N–H and O–H groups in total. The van der Waals surface area contributed by atoms with E-state index in [2.05, 4.69) is 10.2 Å². The van der Waals surface area contributed by atoms with Crippen molar-refractivity contribution in [1.82, 2.24) is 10.2 Å². The summed E-state index contributed by atoms with van der Waals surface area (Å²) in [5.74, 6) is -0.968. The molecule has 0 fully saturated rings. The van der Waals surface area contributed by atoms with Gasteiger partial charge in [-0.3, -0.25) is 5.10 Å². The summed E-state index contributed by atoms with van der Waals surface area (Å²) in [7, 11) is 0. The first kappa shape index (κ1) is 11.7. The molecular formula is C12H13F2N3. The lowest BCUT2D eigenvalue weighted by molar-refractivity contribution is 0.602. The number of hydrogen-bond acceptors (Lipinski definition) is 2. The van der Waals surface area contributed by atoms with Crippen LogP contribution in [0, 0.1) is 18.6 Å². The van der Waals surface area contributed by atoms with Gasteiger partial charge in [0.05, 0.1) is 5.69 Å². The number of rotatable bonds is 3. The molecule has 0 bridgehead atoms. The zero-order valence-electron chi connectivity index (χ0n) is 9.43. The molecule has 90 valence electrons. The van der Waals surface area contributed by atoms with Crippen molar-refractivity contribution in [3.05, 3.63) is 41.1 Å². The van der Waals surface area contributed by atoms with Crippen molar-refractivity contribution < 1.29 is 8.78 Å². The smallest absolute Gasteiger partial charge is 0.132 e. The summed E-state index contributed by atoms with van der Waals surface area (Å²) in [4.78, 5) is 0. The maximum atomic E-state index is 13.6. The average Bonchev–Trinajstić information content (AvgIpc) is 2.65. The predicted octanol–water partition coefficient (Wildman–Crippen LogP) is 2.16. The highest BCUT2D eigenvalue weighted by molar-refractivity contribution is 5.64. The Bertz CT molecular complexity index is 535. The summed E-state index contributed by atoms with van der Waals surface area (Å²) in [5, 5.41) is 6.82. The third kappa shape index (κ3) is 2.19. The van der Waals surface area contributed by atoms with Gasteiger partial charge >= 0.3 is 0 Å². The maximum Gasteiger partial charge on any atom is 0.132 e. The summed E-state index contributed by atoms with van der Waals surface area (Å²) in [6, 6.07) is 3.33. The van der Waals surface area contributed by atoms with E-state index in [9.17, 15) is 8.78 Å². The second-order valence-electron chi connectivity index (χ2n) is 3.84. The van der Waals surface area contributed by atoms with E-state index >= 15 is 0 Å². The van der Waals surface area contributed by atoms with E-state index in [1.807, 2.05) is 6.92 Å². The van der Waals surface area contributed by atoms with Crippen LogP contribution in [-0.4, -0.2) is 16.7 Å². The van der Waals surface area contributed by atoms with Crippen molar-refractivity contribution in [1.29, 1.82) is 0 Å². The fourth-order valence-electron chi connectivity index (χ4n) is 1.76. The second kappa shape index (κ2) is 4.63. The highest BCUT2D eigenvalue weighted by atomic mass is 19.1. The number of aromatic amines is 1. The molecule has 5 heteroatoms. The van der Waals surface area contributed by atoms with Crippen LogP contribution in [0.5, 0.6) is 0 Å². The van der Waals surface area contributed by atoms with Crippen molar-refractivity contribution >= 4 is 0 Å². The van der Waals surface area contributed by atoms with E-state index in [1.165, 1.54) is 0 Å². The van der Waals surface area contributed by atoms with Gasteiger partial charge in [-0.1, -0.05) is 0 Å². The normalized spacial score (nSPS) is 10.8. The largest absolute Gasteiger partial charge is 0.330 e. The molecule has 0 amide bonds. The minimum atomic E-state index is -0.486. The van der Waals surface area contributed by atoms with Crippen molar-refractivity contribution in [3.63, 3.8) is 0 Å². The predicted molar refractivity (Wildman–Crippen MR) is 61.4 cm³/mol. The zero-order valence-corrected chi connectivity index (χ0v) is 9.43. The zero-order chi connectivity index (χ0) is 12.4. The van der Waals surface area contributed by atoms with E-state index < -0.39 is 11.6 Å². The van der Waals surface area contributed by atoms with Crippen LogP contribution in [0.3, 0.4) is 0 Å². The van der Waals surface area contributed by atoms with Crippen LogP contribution in [0.2, 0.25) is 0 Å². The summed E-state index contributed by atoms with van der Waals surface area (Å²) in [6.07, 6.45) is 0.635. The van der Waals surface area contributed by atoms with Gasteiger partial charge in [0.25, 0.3) is 0 Å². The van der Waals surface area contributed by atoms with Crippen LogP contribution in [0.4, 0.5) is 8.78 Å². The topological polar surface area (TPSA) is 54.7 Å². The quantitative estimate of drug-likeness (QED) is 0.859. The minimum Gasteiger partial charge on any atom is -0.330 e. The first-order valence-electron chi connectivity index (χ1n) is 5.33. The summed E-state index contributed by atoms with van der Waals surface area (Å²) >= 11 is 0. The first-order chi connectivity index (χ1) is 8.13. The van der Waals surface area contributed by atoms with Gasteiger partial charge in [-0.25, -0.2) is 8.78 Å². The van der Waals surface area contributed by atoms with Crippen molar-refractivity contribution in [3.8, 4) is 11.3 Å². The number of hydrogen-bond donors (Lipinski definition) is 2. The summed E-state index contributed by atoms with van der Waals surface area (Å²) in [5.41, 5.74) is 7.71. The number of nitrogens with zero attached hydrogens (tertiary/aromatic N) is 1. The van der Waals surface area contributed by atoms with E-state index in [-0.39, 0.29) is 5.56 Å². The Morgan fingerprint density at radius 2 is 2.12 bits per heavy atom. The molecule has 0 aliphatic heterocycles. The number of H-pyrrole nitrogens is 1. The lowest BCUT2D eigenvalue weighted by Gasteiger charge is -2.02. The number of nitrogens with two attached hydrogens (primary N) is 1. The fourth-order valence-corrected chi connectivity index (χ4v) is 1.76. The van der Waals surface area contributed by atoms with Crippen LogP contribution in [0.1, 0.15) is 11.3 Å². The number of halogens is 2. The van der Waals surface area contributed by atoms with Gasteiger partial charge in [0.1, 0.15) is 11.6 Å². The summed E-state index contributed by atoms with van der Waals surface area (Å²) in [6.45, 7) is 2.29. The van der Waals surface area contributed by atoms with Crippen LogP contribution in [0.15, 0.2) is 18.2 Å². The van der Waals surface area contributed by atoms with Crippen LogP contribution in [0.25, 0.3) is 11.3 Å². The van der Waals surface area contributed by atoms with Gasteiger partial charge in [0.2, 0.25) is 0 Å². The molecule has 0 aliphatic rings. The van der Waals surface area contributed by atoms with Crippen LogP contribution < -0.4 is 5.73 Å². The molecular weight excluding hydrogens is 224 g/mol. The Balaban J connectivity index is 2.49. The minimum absolute atomic E-state index is 0.169. The standard InChI is InChI=1S/C12H13F2N3/c1-7-11(4-5-15)16-17-12(7)9-6-8(13)2-3-10(9)14/h2-3,6H,4-5,15H2,1H3,(H,16,17). The molecule has 1 aromatic carbocycles. The Morgan fingerprint density at radius 3 is 2.82 bits per heavy atom. The Labute approximate surface area is 97.7 Å². The monoisotopic (exact) mass is 237 g/mol. The maximum absolute atomic E-state index is 13.6. The molecule has 0 spiro atoms. The molecule has 0 unspecified atom stereocenters. The van der Waals surface area contributed by atoms with Gasteiger partial charge < -0.3 is 5.73 Å². The van der Waals surface area contributed by atoms with E-state index in [0.29, 0.717) is 18.7 Å². The lowest BCUT2D eigenvalue weighted by Crippen LogP contribution is -2.03. The van der Waals surface area contributed by atoms with Crippen LogP contribution in [-0.2, 0) is 6.42 Å². The number of nitrogens with one attached hydrogen (secondary N) is 1. The van der Waals surface area contributed by atoms with Gasteiger partial charge in [-0.2, -0.15) is 5.10 Å². The van der Waals surface area contributed by atoms with E-state index in [1.54, 1.807) is 0 Å². The highest BCUT2D eigenvalue weighted by Crippen LogP contribution is 2.26. The number of aromatic nitrogens is 2. The molecule has 17 heavy (non-hydrogen) atoms. The van der Waals surface area contributed by atoms with Gasteiger partial charge in [-0.15, -0.1) is 0 Å². The van der Waals surface area contributed by atoms with Gasteiger partial charge in [-0.05, 0) is 37.2 Å². The molecule has 3 nitrogen and oxygen atoms in total. The van der Waals surface area contributed by atoms with Gasteiger partial charge in [0.15, 0.2) is 0 Å². The SMILES string of the molecule is Cc1c(-c2cc(F)ccc2F)n[nH]c1CCN. The van der Waals surface area contributed by atoms with Crippen molar-refractivity contribution in [2.75, 3.05) is 6.54 Å². The lowest BCUT2D eigenvalue weighted by atomic mass is 10.1. The van der Waals surface area contributed by atoms with Crippen LogP contribution >= 0.6 is 0 Å². The molecule has 1 heterocycles. The van der Waals surface area contributed by atoms with E-state index in [4.69, 9.17) is 5.73 Å². The Hall–Kier alpha value is -1.75. The fraction of sp³-hybridized carbons (Fsp3) is 0.250. The number of benzene rings is 1. The molecule has 1 aromatic heterocycles. The second-order valence-corrected chi connectivity index (χ2v) is 3.84. The van der Waals surface area contributed by atoms with E-state index in [0.717, 1.165) is 29.5 Å². The highest BCUT2D eigenvalue weighted by Gasteiger charge is 2.14. The summed E-state index contributed by atoms with van der Waals surface area (Å²) < 4.78 is 26.7. The molecule has 0 atom stereocenters. The molecule has 0 saturated carbocycles. The third-order valence-corrected chi connectivity index (χ3v) is 2.69. The Morgan fingerprint density at radius 1 is 1.35 bits per heavy atom. The molecule has 0 aliphatic carbocycles. The average molecular weight is 237 g/mol. The van der Waals surface area contributed by atoms with Crippen molar-refractivity contribution in [2.24, 2.45) is 5.73 Å². The molecule has 0 radical (unpaired) electrons. The van der Waals surface area contributed by atoms with Gasteiger partial charge in [0, 0.05) is 17.7 Å². The first-order valence-corrected chi connectivity index (χ1v) is 5.33. The van der Waals surface area contributed by atoms with Crippen molar-refractivity contribution in [2.45, 2.75) is 13.3 Å². The molecule has 0 saturated heterocycles. The third-order valence-electron chi connectivity index (χ3n) is 2.69. The Kier molecular flexibility index (Phi) is 3.19. The molecule has 2 aromatic rings.